The van der Waals surface area contributed by atoms with Crippen LogP contribution in [-0.4, -0.2) is 10.8 Å². The van der Waals surface area contributed by atoms with Gasteiger partial charge in [-0.25, -0.2) is 0 Å². The Labute approximate surface area is 208 Å². The van der Waals surface area contributed by atoms with E-state index in [1.54, 1.807) is 0 Å². The number of nitro benzene ring substituents is 1. The molecule has 1 N–H and O–H groups in total. The number of ether oxygens (including phenoxy) is 2. The smallest absolute Gasteiger partial charge is 0.288 e. The zero-order chi connectivity index (χ0) is 25.1. The molecule has 4 unspecified atom stereocenters. The summed E-state index contributed by atoms with van der Waals surface area (Å²) in [6.45, 7) is 1.51. The molecule has 2 aliphatic rings. The van der Waals surface area contributed by atoms with Crippen LogP contribution in [-0.2, 0) is 15.3 Å². The van der Waals surface area contributed by atoms with E-state index in [-0.39, 0.29) is 21.2 Å². The van der Waals surface area contributed by atoms with E-state index in [9.17, 15) is 25.9 Å². The Balaban J connectivity index is 2.07. The Bertz CT molecular complexity index is 1380. The minimum atomic E-state index is -2.31. The molecule has 2 aromatic rings. The topological polar surface area (TPSA) is 157 Å². The van der Waals surface area contributed by atoms with Gasteiger partial charge in [-0.3, -0.25) is 15.5 Å². The molecule has 0 aromatic heterocycles. The highest BCUT2D eigenvalue weighted by molar-refractivity contribution is 6.35. The molecule has 2 aliphatic heterocycles. The molecule has 34 heavy (non-hydrogen) atoms. The summed E-state index contributed by atoms with van der Waals surface area (Å²) in [6.07, 6.45) is -1.55. The minimum Gasteiger partial charge on any atom is -0.443 e. The number of fused-ring (bicyclic) bond motifs is 2. The van der Waals surface area contributed by atoms with Crippen molar-refractivity contribution in [3.63, 3.8) is 0 Å². The third-order valence-corrected chi connectivity index (χ3v) is 7.31. The normalized spacial score (nSPS) is 28.8. The number of nitriles is 3. The Morgan fingerprint density at radius 1 is 1.06 bits per heavy atom. The molecule has 0 amide bonds. The van der Waals surface area contributed by atoms with Gasteiger partial charge in [0.2, 0.25) is 17.1 Å². The number of halogens is 3. The van der Waals surface area contributed by atoms with Crippen molar-refractivity contribution in [1.29, 1.82) is 21.2 Å². The van der Waals surface area contributed by atoms with Crippen LogP contribution < -0.4 is 0 Å². The van der Waals surface area contributed by atoms with Gasteiger partial charge in [0.05, 0.1) is 34.1 Å². The zero-order valence-electron chi connectivity index (χ0n) is 17.2. The summed E-state index contributed by atoms with van der Waals surface area (Å²) in [6, 6.07) is 13.8. The lowest BCUT2D eigenvalue weighted by Crippen LogP contribution is -2.57. The Kier molecular flexibility index (Phi) is 5.48. The molecular formula is C22H12Cl3N5O4. The maximum Gasteiger partial charge on any atom is 0.288 e. The van der Waals surface area contributed by atoms with Crippen LogP contribution in [0.15, 0.2) is 36.4 Å². The molecule has 2 bridgehead atoms. The number of nitrogens with zero attached hydrogens (tertiary/aromatic N) is 4. The number of nitro groups is 1. The van der Waals surface area contributed by atoms with Gasteiger partial charge in [-0.1, -0.05) is 47.8 Å². The number of rotatable bonds is 3. The van der Waals surface area contributed by atoms with Gasteiger partial charge >= 0.3 is 0 Å². The lowest BCUT2D eigenvalue weighted by atomic mass is 9.53. The fraction of sp³-hybridized carbons (Fsp3) is 0.273. The number of hydrogen-bond acceptors (Lipinski definition) is 8. The third-order valence-electron chi connectivity index (χ3n) is 6.44. The van der Waals surface area contributed by atoms with E-state index in [2.05, 4.69) is 0 Å². The van der Waals surface area contributed by atoms with Crippen molar-refractivity contribution < 1.29 is 14.4 Å². The van der Waals surface area contributed by atoms with Crippen molar-refractivity contribution >= 4 is 46.4 Å². The summed E-state index contributed by atoms with van der Waals surface area (Å²) in [5, 5.41) is 51.1. The van der Waals surface area contributed by atoms with Crippen LogP contribution in [0.4, 0.5) is 5.69 Å². The predicted molar refractivity (Wildman–Crippen MR) is 120 cm³/mol. The van der Waals surface area contributed by atoms with Gasteiger partial charge in [0.1, 0.15) is 11.1 Å². The Morgan fingerprint density at radius 3 is 2.29 bits per heavy atom. The van der Waals surface area contributed by atoms with Crippen molar-refractivity contribution in [3.8, 4) is 18.2 Å². The molecule has 0 aliphatic carbocycles. The number of nitrogens with one attached hydrogen (secondary N) is 1. The lowest BCUT2D eigenvalue weighted by molar-refractivity contribution is -0.384. The van der Waals surface area contributed by atoms with Gasteiger partial charge in [0.15, 0.2) is 5.41 Å². The van der Waals surface area contributed by atoms with Crippen molar-refractivity contribution in [1.82, 2.24) is 0 Å². The molecule has 0 radical (unpaired) electrons. The highest BCUT2D eigenvalue weighted by Crippen LogP contribution is 2.69. The van der Waals surface area contributed by atoms with Gasteiger partial charge in [-0.15, -0.1) is 0 Å². The zero-order valence-corrected chi connectivity index (χ0v) is 19.4. The molecule has 2 heterocycles. The Morgan fingerprint density at radius 2 is 1.74 bits per heavy atom. The average Bonchev–Trinajstić information content (AvgIpc) is 2.95. The standard InChI is InChI=1S/C22H12Cl3N5O4/c1-11-21(10-28)19(29)34-22(11,14-4-3-13(23)7-16(14)25)33-18(20(21,8-26)9-27)12-2-5-15(24)17(6-12)30(31)32/h2-7,11,18,29H,1H3. The first kappa shape index (κ1) is 23.8. The Hall–Kier alpha value is -3.39. The van der Waals surface area contributed by atoms with Crippen LogP contribution >= 0.6 is 34.8 Å². The molecular weight excluding hydrogens is 505 g/mol. The van der Waals surface area contributed by atoms with E-state index < -0.39 is 45.1 Å². The summed E-state index contributed by atoms with van der Waals surface area (Å²) in [4.78, 5) is 10.8. The largest absolute Gasteiger partial charge is 0.443 e. The molecule has 2 fully saturated rings. The van der Waals surface area contributed by atoms with Crippen LogP contribution in [0.1, 0.15) is 24.2 Å². The van der Waals surface area contributed by atoms with Crippen molar-refractivity contribution in [2.45, 2.75) is 18.8 Å². The van der Waals surface area contributed by atoms with Crippen LogP contribution in [0, 0.1) is 66.3 Å². The number of benzene rings is 2. The fourth-order valence-corrected chi connectivity index (χ4v) is 5.47. The summed E-state index contributed by atoms with van der Waals surface area (Å²) < 4.78 is 12.1. The first-order valence-electron chi connectivity index (χ1n) is 9.63. The maximum absolute atomic E-state index is 11.5. The first-order chi connectivity index (χ1) is 16.0. The second-order valence-corrected chi connectivity index (χ2v) is 9.11. The quantitative estimate of drug-likeness (QED) is 0.407. The van der Waals surface area contributed by atoms with Crippen LogP contribution in [0.2, 0.25) is 15.1 Å². The van der Waals surface area contributed by atoms with Crippen molar-refractivity contribution in [2.75, 3.05) is 0 Å². The van der Waals surface area contributed by atoms with Gasteiger partial charge < -0.3 is 9.47 Å². The van der Waals surface area contributed by atoms with Crippen LogP contribution in [0.25, 0.3) is 0 Å². The molecule has 4 rings (SSSR count). The summed E-state index contributed by atoms with van der Waals surface area (Å²) in [5.41, 5.74) is -4.65. The highest BCUT2D eigenvalue weighted by atomic mass is 35.5. The average molecular weight is 517 g/mol. The van der Waals surface area contributed by atoms with E-state index in [1.165, 1.54) is 37.3 Å². The maximum atomic E-state index is 11.5. The van der Waals surface area contributed by atoms with E-state index in [0.29, 0.717) is 5.02 Å². The summed E-state index contributed by atoms with van der Waals surface area (Å²) in [5.74, 6) is -3.58. The van der Waals surface area contributed by atoms with E-state index in [0.717, 1.165) is 6.07 Å². The summed E-state index contributed by atoms with van der Waals surface area (Å²) >= 11 is 18.4. The van der Waals surface area contributed by atoms with E-state index >= 15 is 0 Å². The third kappa shape index (κ3) is 2.78. The van der Waals surface area contributed by atoms with Gasteiger partial charge in [0, 0.05) is 16.7 Å². The molecule has 9 nitrogen and oxygen atoms in total. The molecule has 170 valence electrons. The van der Waals surface area contributed by atoms with Crippen LogP contribution in [0.5, 0.6) is 0 Å². The monoisotopic (exact) mass is 515 g/mol. The lowest BCUT2D eigenvalue weighted by Gasteiger charge is -2.48. The first-order valence-corrected chi connectivity index (χ1v) is 10.8. The molecule has 2 aromatic carbocycles. The second kappa shape index (κ2) is 7.84. The van der Waals surface area contributed by atoms with E-state index in [4.69, 9.17) is 49.7 Å². The predicted octanol–water partition coefficient (Wildman–Crippen LogP) is 5.67. The molecule has 0 spiro atoms. The minimum absolute atomic E-state index is 0.0264. The van der Waals surface area contributed by atoms with Crippen LogP contribution in [0.3, 0.4) is 0 Å². The SMILES string of the molecule is CC1C2(c3ccc(Cl)cc3Cl)OC(=N)C1(C#N)C(C#N)(C#N)C(c1ccc(Cl)c([N+](=O)[O-])c1)O2. The molecule has 4 atom stereocenters. The summed E-state index contributed by atoms with van der Waals surface area (Å²) in [7, 11) is 0. The molecule has 2 saturated heterocycles. The molecule has 0 saturated carbocycles. The van der Waals surface area contributed by atoms with Crippen molar-refractivity contribution in [2.24, 2.45) is 16.7 Å². The van der Waals surface area contributed by atoms with Gasteiger partial charge in [-0.05, 0) is 29.8 Å². The fourth-order valence-electron chi connectivity index (χ4n) is 4.75. The van der Waals surface area contributed by atoms with E-state index in [1.807, 2.05) is 18.2 Å². The number of hydrogen-bond donors (Lipinski definition) is 1. The molecule has 12 heteroatoms. The van der Waals surface area contributed by atoms with Gasteiger partial charge in [-0.2, -0.15) is 15.8 Å². The highest BCUT2D eigenvalue weighted by Gasteiger charge is 2.80. The second-order valence-electron chi connectivity index (χ2n) is 7.86. The van der Waals surface area contributed by atoms with Gasteiger partial charge in [0.25, 0.3) is 5.69 Å². The van der Waals surface area contributed by atoms with Crippen molar-refractivity contribution in [3.05, 3.63) is 72.7 Å².